The molecule has 1 unspecified atom stereocenters. The third kappa shape index (κ3) is 1.14. The van der Waals surface area contributed by atoms with Gasteiger partial charge in [-0.15, -0.1) is 0 Å². The van der Waals surface area contributed by atoms with E-state index >= 15 is 0 Å². The quantitative estimate of drug-likeness (QED) is 0.615. The maximum absolute atomic E-state index is 5.52. The summed E-state index contributed by atoms with van der Waals surface area (Å²) in [6.07, 6.45) is 0.284. The van der Waals surface area contributed by atoms with Crippen LogP contribution < -0.4 is 0 Å². The highest BCUT2D eigenvalue weighted by Crippen LogP contribution is 2.45. The molecule has 1 radical (unpaired) electrons. The van der Waals surface area contributed by atoms with Gasteiger partial charge in [0.15, 0.2) is 0 Å². The maximum Gasteiger partial charge on any atom is 0.0898 e. The Morgan fingerprint density at radius 1 is 1.42 bits per heavy atom. The predicted octanol–water partition coefficient (Wildman–Crippen LogP) is 2.58. The lowest BCUT2D eigenvalue weighted by molar-refractivity contribution is -0.172. The molecule has 1 fully saturated rings. The number of rotatable bonds is 1. The average molecular weight is 161 g/mol. The van der Waals surface area contributed by atoms with Crippen LogP contribution in [0.5, 0.6) is 0 Å². The van der Waals surface area contributed by atoms with Crippen molar-refractivity contribution in [1.29, 1.82) is 0 Å². The van der Waals surface area contributed by atoms with E-state index in [2.05, 4.69) is 32.0 Å². The highest BCUT2D eigenvalue weighted by atomic mass is 16.5. The zero-order valence-corrected chi connectivity index (χ0v) is 7.50. The van der Waals surface area contributed by atoms with Crippen molar-refractivity contribution in [3.05, 3.63) is 35.9 Å². The molecule has 0 bridgehead atoms. The topological polar surface area (TPSA) is 9.23 Å². The van der Waals surface area contributed by atoms with Gasteiger partial charge in [-0.2, -0.15) is 0 Å². The summed E-state index contributed by atoms with van der Waals surface area (Å²) in [5, 5.41) is 0. The van der Waals surface area contributed by atoms with Crippen LogP contribution in [0.1, 0.15) is 25.5 Å². The summed E-state index contributed by atoms with van der Waals surface area (Å²) in [4.78, 5) is 0. The highest BCUT2D eigenvalue weighted by molar-refractivity contribution is 5.20. The summed E-state index contributed by atoms with van der Waals surface area (Å²) >= 11 is 0. The van der Waals surface area contributed by atoms with Gasteiger partial charge >= 0.3 is 0 Å². The molecule has 0 spiro atoms. The lowest BCUT2D eigenvalue weighted by atomic mass is 9.79. The van der Waals surface area contributed by atoms with Crippen molar-refractivity contribution in [3.8, 4) is 0 Å². The molecule has 0 amide bonds. The van der Waals surface area contributed by atoms with Gasteiger partial charge in [0.2, 0.25) is 0 Å². The molecule has 1 saturated heterocycles. The fraction of sp³-hybridized carbons (Fsp3) is 0.455. The molecule has 0 N–H and O–H groups in total. The summed E-state index contributed by atoms with van der Waals surface area (Å²) < 4.78 is 5.52. The Labute approximate surface area is 73.4 Å². The first-order valence-corrected chi connectivity index (χ1v) is 4.28. The van der Waals surface area contributed by atoms with E-state index < -0.39 is 0 Å². The Balaban J connectivity index is 2.22. The smallest absolute Gasteiger partial charge is 0.0898 e. The second-order valence-electron chi connectivity index (χ2n) is 4.01. The van der Waals surface area contributed by atoms with Crippen molar-refractivity contribution in [2.45, 2.75) is 20.0 Å². The van der Waals surface area contributed by atoms with Crippen molar-refractivity contribution in [2.24, 2.45) is 5.41 Å². The summed E-state index contributed by atoms with van der Waals surface area (Å²) in [6, 6.07) is 11.0. The van der Waals surface area contributed by atoms with Gasteiger partial charge in [-0.25, -0.2) is 0 Å². The Morgan fingerprint density at radius 3 is 2.50 bits per heavy atom. The predicted molar refractivity (Wildman–Crippen MR) is 47.8 cm³/mol. The van der Waals surface area contributed by atoms with Gasteiger partial charge in [0.1, 0.15) is 0 Å². The fourth-order valence-electron chi connectivity index (χ4n) is 1.62. The van der Waals surface area contributed by atoms with Gasteiger partial charge in [-0.3, -0.25) is 0 Å². The summed E-state index contributed by atoms with van der Waals surface area (Å²) in [7, 11) is 0. The third-order valence-electron chi connectivity index (χ3n) is 2.38. The molecule has 1 nitrogen and oxygen atoms in total. The molecule has 1 heteroatoms. The highest BCUT2D eigenvalue weighted by Gasteiger charge is 2.40. The van der Waals surface area contributed by atoms with Gasteiger partial charge in [0.05, 0.1) is 12.7 Å². The van der Waals surface area contributed by atoms with Gasteiger partial charge < -0.3 is 4.74 Å². The number of hydrogen-bond donors (Lipinski definition) is 0. The molecule has 1 aromatic carbocycles. The Kier molecular flexibility index (Phi) is 1.69. The molecule has 2 rings (SSSR count). The molecular formula is C11H13O. The van der Waals surface area contributed by atoms with E-state index in [0.717, 1.165) is 6.61 Å². The van der Waals surface area contributed by atoms with Gasteiger partial charge in [-0.1, -0.05) is 38.1 Å². The lowest BCUT2D eigenvalue weighted by Gasteiger charge is -2.44. The van der Waals surface area contributed by atoms with E-state index in [4.69, 9.17) is 4.74 Å². The molecule has 1 aliphatic heterocycles. The standard InChI is InChI=1S/C11H13O/c1-11(2)8-12-10(11)9-6-4-3-5-7-9/h4-7,10H,8H2,1-2H3. The average Bonchev–Trinajstić information content (AvgIpc) is 2.05. The van der Waals surface area contributed by atoms with Crippen molar-refractivity contribution in [3.63, 3.8) is 0 Å². The zero-order chi connectivity index (χ0) is 8.60. The molecule has 0 saturated carbocycles. The first-order valence-electron chi connectivity index (χ1n) is 4.28. The lowest BCUT2D eigenvalue weighted by Crippen LogP contribution is -2.40. The summed E-state index contributed by atoms with van der Waals surface area (Å²) in [6.45, 7) is 5.34. The second-order valence-corrected chi connectivity index (χ2v) is 4.01. The van der Waals surface area contributed by atoms with Crippen molar-refractivity contribution >= 4 is 0 Å². The van der Waals surface area contributed by atoms with Gasteiger partial charge in [-0.05, 0) is 11.6 Å². The minimum absolute atomic E-state index is 0.284. The maximum atomic E-state index is 5.52. The van der Waals surface area contributed by atoms with Crippen LogP contribution >= 0.6 is 0 Å². The number of ether oxygens (including phenoxy) is 1. The van der Waals surface area contributed by atoms with Crippen LogP contribution in [0.3, 0.4) is 0 Å². The SMILES string of the molecule is CC1(C)COC1c1cc[c]cc1. The monoisotopic (exact) mass is 161 g/mol. The van der Waals surface area contributed by atoms with E-state index in [-0.39, 0.29) is 6.10 Å². The van der Waals surface area contributed by atoms with Crippen LogP contribution in [0.2, 0.25) is 0 Å². The van der Waals surface area contributed by atoms with Crippen LogP contribution in [-0.2, 0) is 4.74 Å². The van der Waals surface area contributed by atoms with E-state index in [9.17, 15) is 0 Å². The number of hydrogen-bond acceptors (Lipinski definition) is 1. The molecule has 0 aromatic heterocycles. The molecule has 1 aromatic rings. The molecule has 1 atom stereocenters. The van der Waals surface area contributed by atoms with E-state index in [1.165, 1.54) is 5.56 Å². The normalized spacial score (nSPS) is 26.3. The molecule has 0 aliphatic carbocycles. The van der Waals surface area contributed by atoms with Crippen LogP contribution in [0.15, 0.2) is 24.3 Å². The van der Waals surface area contributed by atoms with E-state index in [1.807, 2.05) is 12.1 Å². The Morgan fingerprint density at radius 2 is 2.08 bits per heavy atom. The minimum atomic E-state index is 0.284. The Hall–Kier alpha value is -0.820. The molecule has 12 heavy (non-hydrogen) atoms. The number of benzene rings is 1. The molecule has 1 aliphatic rings. The van der Waals surface area contributed by atoms with E-state index in [0.29, 0.717) is 5.41 Å². The van der Waals surface area contributed by atoms with Crippen molar-refractivity contribution in [2.75, 3.05) is 6.61 Å². The molecule has 1 heterocycles. The van der Waals surface area contributed by atoms with Crippen molar-refractivity contribution < 1.29 is 4.74 Å². The van der Waals surface area contributed by atoms with Crippen molar-refractivity contribution in [1.82, 2.24) is 0 Å². The van der Waals surface area contributed by atoms with Crippen LogP contribution in [0.4, 0.5) is 0 Å². The van der Waals surface area contributed by atoms with E-state index in [1.54, 1.807) is 0 Å². The Bertz CT molecular complexity index is 264. The zero-order valence-electron chi connectivity index (χ0n) is 7.50. The second kappa shape index (κ2) is 2.60. The first kappa shape index (κ1) is 7.81. The fourth-order valence-corrected chi connectivity index (χ4v) is 1.62. The largest absolute Gasteiger partial charge is 0.372 e. The van der Waals surface area contributed by atoms with Crippen LogP contribution in [0.25, 0.3) is 0 Å². The minimum Gasteiger partial charge on any atom is -0.372 e. The van der Waals surface area contributed by atoms with Crippen LogP contribution in [0, 0.1) is 11.5 Å². The first-order chi connectivity index (χ1) is 5.70. The van der Waals surface area contributed by atoms with Crippen LogP contribution in [-0.4, -0.2) is 6.61 Å². The molecular weight excluding hydrogens is 148 g/mol. The third-order valence-corrected chi connectivity index (χ3v) is 2.38. The molecule has 63 valence electrons. The van der Waals surface area contributed by atoms with Gasteiger partial charge in [0, 0.05) is 5.41 Å². The van der Waals surface area contributed by atoms with Gasteiger partial charge in [0.25, 0.3) is 0 Å². The summed E-state index contributed by atoms with van der Waals surface area (Å²) in [5.41, 5.74) is 1.58. The summed E-state index contributed by atoms with van der Waals surface area (Å²) in [5.74, 6) is 0.